The van der Waals surface area contributed by atoms with E-state index in [0.29, 0.717) is 17.6 Å². The molecular weight excluding hydrogens is 246 g/mol. The molecule has 0 amide bonds. The SMILES string of the molecule is CNCc1cc2c(c(Br)c1O)OCC2. The lowest BCUT2D eigenvalue weighted by molar-refractivity contribution is 0.351. The van der Waals surface area contributed by atoms with E-state index in [1.54, 1.807) is 0 Å². The van der Waals surface area contributed by atoms with Crippen LogP contribution in [-0.4, -0.2) is 18.8 Å². The second-order valence-electron chi connectivity index (χ2n) is 3.32. The van der Waals surface area contributed by atoms with Crippen molar-refractivity contribution < 1.29 is 9.84 Å². The number of hydrogen-bond donors (Lipinski definition) is 2. The fourth-order valence-corrected chi connectivity index (χ4v) is 2.29. The number of rotatable bonds is 2. The summed E-state index contributed by atoms with van der Waals surface area (Å²) in [4.78, 5) is 0. The van der Waals surface area contributed by atoms with E-state index in [2.05, 4.69) is 21.2 Å². The molecule has 1 aromatic rings. The highest BCUT2D eigenvalue weighted by molar-refractivity contribution is 9.10. The van der Waals surface area contributed by atoms with E-state index in [4.69, 9.17) is 4.74 Å². The number of aromatic hydroxyl groups is 1. The van der Waals surface area contributed by atoms with E-state index in [-0.39, 0.29) is 5.75 Å². The fraction of sp³-hybridized carbons (Fsp3) is 0.400. The molecule has 0 radical (unpaired) electrons. The average Bonchev–Trinajstić information content (AvgIpc) is 2.62. The quantitative estimate of drug-likeness (QED) is 0.850. The molecule has 76 valence electrons. The molecule has 0 saturated carbocycles. The van der Waals surface area contributed by atoms with Crippen LogP contribution in [0.4, 0.5) is 0 Å². The van der Waals surface area contributed by atoms with Gasteiger partial charge in [-0.3, -0.25) is 0 Å². The van der Waals surface area contributed by atoms with Gasteiger partial charge in [0.2, 0.25) is 0 Å². The summed E-state index contributed by atoms with van der Waals surface area (Å²) in [6.07, 6.45) is 0.922. The van der Waals surface area contributed by atoms with E-state index in [1.807, 2.05) is 13.1 Å². The van der Waals surface area contributed by atoms with Gasteiger partial charge in [0, 0.05) is 18.5 Å². The lowest BCUT2D eigenvalue weighted by Crippen LogP contribution is -2.05. The summed E-state index contributed by atoms with van der Waals surface area (Å²) >= 11 is 3.35. The zero-order chi connectivity index (χ0) is 10.1. The Kier molecular flexibility index (Phi) is 2.65. The number of fused-ring (bicyclic) bond motifs is 1. The van der Waals surface area contributed by atoms with Crippen molar-refractivity contribution in [2.24, 2.45) is 0 Å². The summed E-state index contributed by atoms with van der Waals surface area (Å²) in [6.45, 7) is 1.37. The van der Waals surface area contributed by atoms with Gasteiger partial charge >= 0.3 is 0 Å². The van der Waals surface area contributed by atoms with Crippen molar-refractivity contribution >= 4 is 15.9 Å². The molecule has 4 heteroatoms. The van der Waals surface area contributed by atoms with Crippen LogP contribution in [0.3, 0.4) is 0 Å². The van der Waals surface area contributed by atoms with Crippen LogP contribution in [0.15, 0.2) is 10.5 Å². The molecule has 3 nitrogen and oxygen atoms in total. The Morgan fingerprint density at radius 2 is 2.43 bits per heavy atom. The van der Waals surface area contributed by atoms with E-state index >= 15 is 0 Å². The van der Waals surface area contributed by atoms with Gasteiger partial charge in [-0.05, 0) is 34.6 Å². The monoisotopic (exact) mass is 257 g/mol. The summed E-state index contributed by atoms with van der Waals surface area (Å²) in [5, 5.41) is 12.8. The Bertz CT molecular complexity index is 366. The van der Waals surface area contributed by atoms with Crippen molar-refractivity contribution in [3.63, 3.8) is 0 Å². The van der Waals surface area contributed by atoms with Gasteiger partial charge in [0.15, 0.2) is 0 Å². The van der Waals surface area contributed by atoms with Crippen molar-refractivity contribution in [2.45, 2.75) is 13.0 Å². The maximum absolute atomic E-state index is 9.83. The van der Waals surface area contributed by atoms with Gasteiger partial charge in [0.1, 0.15) is 16.0 Å². The van der Waals surface area contributed by atoms with Crippen LogP contribution in [0.5, 0.6) is 11.5 Å². The Balaban J connectivity index is 2.49. The predicted molar refractivity (Wildman–Crippen MR) is 57.8 cm³/mol. The third kappa shape index (κ3) is 1.48. The maximum Gasteiger partial charge on any atom is 0.140 e. The first kappa shape index (κ1) is 9.80. The predicted octanol–water partition coefficient (Wildman–Crippen LogP) is 1.81. The van der Waals surface area contributed by atoms with Crippen LogP contribution in [0.25, 0.3) is 0 Å². The number of phenols is 1. The molecular formula is C10H12BrNO2. The number of hydrogen-bond acceptors (Lipinski definition) is 3. The first-order valence-electron chi connectivity index (χ1n) is 4.54. The summed E-state index contributed by atoms with van der Waals surface area (Å²) in [6, 6.07) is 2.00. The normalized spacial score (nSPS) is 13.9. The molecule has 0 bridgehead atoms. The number of benzene rings is 1. The first-order valence-corrected chi connectivity index (χ1v) is 5.34. The van der Waals surface area contributed by atoms with Crippen LogP contribution in [0.1, 0.15) is 11.1 Å². The molecule has 14 heavy (non-hydrogen) atoms. The van der Waals surface area contributed by atoms with Gasteiger partial charge < -0.3 is 15.2 Å². The largest absolute Gasteiger partial charge is 0.506 e. The molecule has 0 atom stereocenters. The summed E-state index contributed by atoms with van der Waals surface area (Å²) in [5.41, 5.74) is 2.07. The van der Waals surface area contributed by atoms with Gasteiger partial charge in [-0.25, -0.2) is 0 Å². The maximum atomic E-state index is 9.83. The molecule has 0 aromatic heterocycles. The highest BCUT2D eigenvalue weighted by Crippen LogP contribution is 2.42. The molecule has 1 heterocycles. The first-order chi connectivity index (χ1) is 6.74. The highest BCUT2D eigenvalue weighted by Gasteiger charge is 2.20. The van der Waals surface area contributed by atoms with Gasteiger partial charge in [-0.1, -0.05) is 0 Å². The molecule has 2 N–H and O–H groups in total. The molecule has 0 fully saturated rings. The molecule has 0 unspecified atom stereocenters. The lowest BCUT2D eigenvalue weighted by atomic mass is 10.1. The molecule has 0 spiro atoms. The van der Waals surface area contributed by atoms with Crippen molar-refractivity contribution in [3.05, 3.63) is 21.7 Å². The van der Waals surface area contributed by atoms with Crippen LogP contribution in [0, 0.1) is 0 Å². The Morgan fingerprint density at radius 3 is 3.14 bits per heavy atom. The van der Waals surface area contributed by atoms with E-state index in [0.717, 1.165) is 17.7 Å². The second kappa shape index (κ2) is 3.79. The number of nitrogens with one attached hydrogen (secondary N) is 1. The van der Waals surface area contributed by atoms with E-state index < -0.39 is 0 Å². The van der Waals surface area contributed by atoms with Gasteiger partial charge in [-0.15, -0.1) is 0 Å². The minimum atomic E-state index is 0.278. The molecule has 1 aromatic carbocycles. The minimum absolute atomic E-state index is 0.278. The highest BCUT2D eigenvalue weighted by atomic mass is 79.9. The zero-order valence-electron chi connectivity index (χ0n) is 7.93. The third-order valence-corrected chi connectivity index (χ3v) is 3.07. The average molecular weight is 258 g/mol. The van der Waals surface area contributed by atoms with Crippen molar-refractivity contribution in [1.29, 1.82) is 0 Å². The number of halogens is 1. The smallest absolute Gasteiger partial charge is 0.140 e. The van der Waals surface area contributed by atoms with Gasteiger partial charge in [-0.2, -0.15) is 0 Å². The van der Waals surface area contributed by atoms with Crippen molar-refractivity contribution in [2.75, 3.05) is 13.7 Å². The standard InChI is InChI=1S/C10H12BrNO2/c1-12-5-7-4-6-2-3-14-10(6)8(11)9(7)13/h4,12-13H,2-3,5H2,1H3. The zero-order valence-corrected chi connectivity index (χ0v) is 9.52. The van der Waals surface area contributed by atoms with Crippen LogP contribution < -0.4 is 10.1 Å². The molecule has 0 aliphatic carbocycles. The lowest BCUT2D eigenvalue weighted by Gasteiger charge is -2.09. The topological polar surface area (TPSA) is 41.5 Å². The molecule has 1 aliphatic rings. The third-order valence-electron chi connectivity index (χ3n) is 2.34. The summed E-state index contributed by atoms with van der Waals surface area (Å²) < 4.78 is 6.09. The number of phenolic OH excluding ortho intramolecular Hbond substituents is 1. The summed E-state index contributed by atoms with van der Waals surface area (Å²) in [7, 11) is 1.86. The minimum Gasteiger partial charge on any atom is -0.506 e. The van der Waals surface area contributed by atoms with Crippen molar-refractivity contribution in [3.8, 4) is 11.5 Å². The Hall–Kier alpha value is -0.740. The Labute approximate surface area is 91.2 Å². The molecule has 2 rings (SSSR count). The fourth-order valence-electron chi connectivity index (χ4n) is 1.66. The number of ether oxygens (including phenoxy) is 1. The van der Waals surface area contributed by atoms with Crippen LogP contribution in [0.2, 0.25) is 0 Å². The van der Waals surface area contributed by atoms with Crippen molar-refractivity contribution in [1.82, 2.24) is 5.32 Å². The Morgan fingerprint density at radius 1 is 1.64 bits per heavy atom. The summed E-state index contributed by atoms with van der Waals surface area (Å²) in [5.74, 6) is 1.07. The van der Waals surface area contributed by atoms with Gasteiger partial charge in [0.05, 0.1) is 6.61 Å². The van der Waals surface area contributed by atoms with Crippen LogP contribution in [-0.2, 0) is 13.0 Å². The van der Waals surface area contributed by atoms with Gasteiger partial charge in [0.25, 0.3) is 0 Å². The molecule has 1 aliphatic heterocycles. The van der Waals surface area contributed by atoms with E-state index in [9.17, 15) is 5.11 Å². The van der Waals surface area contributed by atoms with E-state index in [1.165, 1.54) is 5.56 Å². The second-order valence-corrected chi connectivity index (χ2v) is 4.11. The molecule has 0 saturated heterocycles. The van der Waals surface area contributed by atoms with Crippen LogP contribution >= 0.6 is 15.9 Å².